The largest absolute Gasteiger partial charge is 0.351 e. The van der Waals surface area contributed by atoms with Crippen LogP contribution in [0, 0.1) is 0 Å². The van der Waals surface area contributed by atoms with Gasteiger partial charge in [0, 0.05) is 36.9 Å². The topological polar surface area (TPSA) is 66.5 Å². The highest BCUT2D eigenvalue weighted by Crippen LogP contribution is 2.16. The summed E-state index contributed by atoms with van der Waals surface area (Å²) < 4.78 is 25.4. The first kappa shape index (κ1) is 18.5. The number of nitrogens with one attached hydrogen (secondary N) is 1. The molecule has 1 amide bonds. The summed E-state index contributed by atoms with van der Waals surface area (Å²) in [6, 6.07) is 16.0. The van der Waals surface area contributed by atoms with Gasteiger partial charge in [-0.2, -0.15) is 0 Å². The predicted octanol–water partition coefficient (Wildman–Crippen LogP) is 2.46. The minimum Gasteiger partial charge on any atom is -0.351 e. The first-order valence-electron chi connectivity index (χ1n) is 7.40. The molecule has 0 aliphatic rings. The van der Waals surface area contributed by atoms with Crippen molar-refractivity contribution in [3.8, 4) is 0 Å². The minimum absolute atomic E-state index is 0.110. The van der Waals surface area contributed by atoms with Crippen molar-refractivity contribution in [2.45, 2.75) is 9.79 Å². The molecule has 128 valence electrons. The van der Waals surface area contributed by atoms with Crippen LogP contribution in [-0.4, -0.2) is 45.0 Å². The van der Waals surface area contributed by atoms with Crippen LogP contribution in [0.2, 0.25) is 0 Å². The highest BCUT2D eigenvalue weighted by molar-refractivity contribution is 7.99. The van der Waals surface area contributed by atoms with Crippen molar-refractivity contribution in [3.05, 3.63) is 60.2 Å². The Morgan fingerprint density at radius 2 is 1.79 bits per heavy atom. The second kappa shape index (κ2) is 8.32. The Morgan fingerprint density at radius 1 is 1.08 bits per heavy atom. The highest BCUT2D eigenvalue weighted by atomic mass is 32.2. The van der Waals surface area contributed by atoms with Crippen LogP contribution in [0.5, 0.6) is 0 Å². The lowest BCUT2D eigenvalue weighted by atomic mass is 10.2. The van der Waals surface area contributed by atoms with E-state index < -0.39 is 10.0 Å². The summed E-state index contributed by atoms with van der Waals surface area (Å²) in [6.07, 6.45) is 0. The van der Waals surface area contributed by atoms with Crippen molar-refractivity contribution in [1.82, 2.24) is 9.62 Å². The highest BCUT2D eigenvalue weighted by Gasteiger charge is 2.18. The molecule has 0 aliphatic carbocycles. The van der Waals surface area contributed by atoms with E-state index in [1.807, 2.05) is 30.3 Å². The maximum atomic E-state index is 12.2. The zero-order chi connectivity index (χ0) is 17.6. The Hall–Kier alpha value is -1.83. The molecule has 1 N–H and O–H groups in total. The Kier molecular flexibility index (Phi) is 6.42. The van der Waals surface area contributed by atoms with E-state index >= 15 is 0 Å². The summed E-state index contributed by atoms with van der Waals surface area (Å²) >= 11 is 1.65. The fourth-order valence-corrected chi connectivity index (χ4v) is 3.70. The summed E-state index contributed by atoms with van der Waals surface area (Å²) in [7, 11) is -0.623. The van der Waals surface area contributed by atoms with Gasteiger partial charge >= 0.3 is 0 Å². The van der Waals surface area contributed by atoms with Gasteiger partial charge < -0.3 is 5.32 Å². The third-order valence-corrected chi connectivity index (χ3v) is 6.10. The van der Waals surface area contributed by atoms with Gasteiger partial charge in [0.15, 0.2) is 0 Å². The molecule has 0 aliphatic heterocycles. The molecule has 2 aromatic rings. The number of benzene rings is 2. The Morgan fingerprint density at radius 3 is 2.46 bits per heavy atom. The van der Waals surface area contributed by atoms with Gasteiger partial charge in [-0.05, 0) is 30.3 Å². The smallest absolute Gasteiger partial charge is 0.251 e. The SMILES string of the molecule is CN(C)S(=O)(=O)c1cccc(C(=O)NCCSc2ccccc2)c1. The number of hydrogen-bond acceptors (Lipinski definition) is 4. The van der Waals surface area contributed by atoms with Crippen LogP contribution in [0.25, 0.3) is 0 Å². The quantitative estimate of drug-likeness (QED) is 0.605. The molecule has 0 aromatic heterocycles. The zero-order valence-electron chi connectivity index (χ0n) is 13.6. The lowest BCUT2D eigenvalue weighted by Gasteiger charge is -2.12. The van der Waals surface area contributed by atoms with Gasteiger partial charge in [0.2, 0.25) is 10.0 Å². The molecule has 0 saturated carbocycles. The van der Waals surface area contributed by atoms with E-state index in [0.717, 1.165) is 15.0 Å². The monoisotopic (exact) mass is 364 g/mol. The van der Waals surface area contributed by atoms with Gasteiger partial charge in [-0.1, -0.05) is 24.3 Å². The first-order chi connectivity index (χ1) is 11.4. The van der Waals surface area contributed by atoms with E-state index in [0.29, 0.717) is 12.1 Å². The fourth-order valence-electron chi connectivity index (χ4n) is 1.96. The molecule has 0 fully saturated rings. The van der Waals surface area contributed by atoms with Crippen molar-refractivity contribution in [3.63, 3.8) is 0 Å². The number of amides is 1. The number of nitrogens with zero attached hydrogens (tertiary/aromatic N) is 1. The van der Waals surface area contributed by atoms with Crippen molar-refractivity contribution >= 4 is 27.7 Å². The number of thioether (sulfide) groups is 1. The number of carbonyl (C=O) groups is 1. The van der Waals surface area contributed by atoms with Gasteiger partial charge in [0.1, 0.15) is 0 Å². The molecule has 0 radical (unpaired) electrons. The van der Waals surface area contributed by atoms with E-state index in [1.54, 1.807) is 23.9 Å². The van der Waals surface area contributed by atoms with Gasteiger partial charge in [-0.3, -0.25) is 4.79 Å². The zero-order valence-corrected chi connectivity index (χ0v) is 15.2. The minimum atomic E-state index is -3.54. The van der Waals surface area contributed by atoms with Crippen LogP contribution in [-0.2, 0) is 10.0 Å². The molecule has 2 aromatic carbocycles. The summed E-state index contributed by atoms with van der Waals surface area (Å²) in [6.45, 7) is 0.503. The van der Waals surface area contributed by atoms with E-state index in [-0.39, 0.29) is 10.8 Å². The number of carbonyl (C=O) groups excluding carboxylic acids is 1. The maximum Gasteiger partial charge on any atom is 0.251 e. The van der Waals surface area contributed by atoms with Crippen LogP contribution in [0.1, 0.15) is 10.4 Å². The Bertz CT molecular complexity index is 790. The Labute approximate surface area is 147 Å². The molecule has 24 heavy (non-hydrogen) atoms. The molecular formula is C17H20N2O3S2. The van der Waals surface area contributed by atoms with Crippen molar-refractivity contribution in [2.24, 2.45) is 0 Å². The van der Waals surface area contributed by atoms with Crippen LogP contribution in [0.4, 0.5) is 0 Å². The molecule has 5 nitrogen and oxygen atoms in total. The van der Waals surface area contributed by atoms with E-state index in [2.05, 4.69) is 5.32 Å². The van der Waals surface area contributed by atoms with Gasteiger partial charge in [0.05, 0.1) is 4.90 Å². The van der Waals surface area contributed by atoms with Crippen molar-refractivity contribution in [1.29, 1.82) is 0 Å². The molecule has 0 atom stereocenters. The van der Waals surface area contributed by atoms with Crippen LogP contribution in [0.15, 0.2) is 64.4 Å². The summed E-state index contributed by atoms with van der Waals surface area (Å²) in [4.78, 5) is 13.4. The molecule has 0 spiro atoms. The third kappa shape index (κ3) is 4.83. The van der Waals surface area contributed by atoms with Crippen molar-refractivity contribution in [2.75, 3.05) is 26.4 Å². The third-order valence-electron chi connectivity index (χ3n) is 3.27. The Balaban J connectivity index is 1.93. The average molecular weight is 364 g/mol. The van der Waals surface area contributed by atoms with Gasteiger partial charge in [0.25, 0.3) is 5.91 Å². The molecule has 0 heterocycles. The molecule has 0 saturated heterocycles. The summed E-state index contributed by atoms with van der Waals surface area (Å²) in [5.41, 5.74) is 0.336. The van der Waals surface area contributed by atoms with Crippen LogP contribution < -0.4 is 5.32 Å². The molecule has 2 rings (SSSR count). The number of rotatable bonds is 7. The molecule has 0 unspecified atom stereocenters. The lowest BCUT2D eigenvalue weighted by molar-refractivity contribution is 0.0956. The van der Waals surface area contributed by atoms with Gasteiger partial charge in [-0.25, -0.2) is 12.7 Å². The molecule has 0 bridgehead atoms. The molecular weight excluding hydrogens is 344 g/mol. The second-order valence-electron chi connectivity index (χ2n) is 5.23. The number of hydrogen-bond donors (Lipinski definition) is 1. The van der Waals surface area contributed by atoms with E-state index in [9.17, 15) is 13.2 Å². The average Bonchev–Trinajstić information content (AvgIpc) is 2.59. The fraction of sp³-hybridized carbons (Fsp3) is 0.235. The number of sulfonamides is 1. The predicted molar refractivity (Wildman–Crippen MR) is 96.8 cm³/mol. The van der Waals surface area contributed by atoms with Crippen LogP contribution in [0.3, 0.4) is 0 Å². The van der Waals surface area contributed by atoms with E-state index in [4.69, 9.17) is 0 Å². The lowest BCUT2D eigenvalue weighted by Crippen LogP contribution is -2.26. The van der Waals surface area contributed by atoms with E-state index in [1.165, 1.54) is 26.2 Å². The van der Waals surface area contributed by atoms with Crippen molar-refractivity contribution < 1.29 is 13.2 Å². The normalized spacial score (nSPS) is 11.5. The maximum absolute atomic E-state index is 12.2. The second-order valence-corrected chi connectivity index (χ2v) is 8.55. The van der Waals surface area contributed by atoms with Gasteiger partial charge in [-0.15, -0.1) is 11.8 Å². The standard InChI is InChI=1S/C17H20N2O3S2/c1-19(2)24(21,22)16-10-6-7-14(13-16)17(20)18-11-12-23-15-8-4-3-5-9-15/h3-10,13H,11-12H2,1-2H3,(H,18,20). The molecule has 7 heteroatoms. The summed E-state index contributed by atoms with van der Waals surface area (Å²) in [5.74, 6) is 0.463. The summed E-state index contributed by atoms with van der Waals surface area (Å²) in [5, 5.41) is 2.81. The first-order valence-corrected chi connectivity index (χ1v) is 9.82. The van der Waals surface area contributed by atoms with Crippen LogP contribution >= 0.6 is 11.8 Å².